The summed E-state index contributed by atoms with van der Waals surface area (Å²) in [5.74, 6) is 0. The Balaban J connectivity index is 2.11. The van der Waals surface area contributed by atoms with Crippen molar-refractivity contribution in [1.29, 1.82) is 0 Å². The summed E-state index contributed by atoms with van der Waals surface area (Å²) >= 11 is 0. The number of nitro groups is 1. The van der Waals surface area contributed by atoms with Crippen molar-refractivity contribution in [3.63, 3.8) is 0 Å². The third-order valence-corrected chi connectivity index (χ3v) is 2.79. The molecule has 0 radical (unpaired) electrons. The number of benzene rings is 1. The fraction of sp³-hybridized carbons (Fsp3) is 0.417. The summed E-state index contributed by atoms with van der Waals surface area (Å²) in [6.45, 7) is 4.58. The van der Waals surface area contributed by atoms with Crippen molar-refractivity contribution in [3.05, 3.63) is 39.4 Å². The molecule has 0 spiro atoms. The Kier molecular flexibility index (Phi) is 3.88. The minimum Gasteiger partial charge on any atom is -0.378 e. The van der Waals surface area contributed by atoms with E-state index >= 15 is 0 Å². The quantitative estimate of drug-likeness (QED) is 0.463. The first-order valence-electron chi connectivity index (χ1n) is 5.78. The Labute approximate surface area is 105 Å². The number of rotatable bonds is 3. The summed E-state index contributed by atoms with van der Waals surface area (Å²) in [5, 5.41) is 17.0. The second-order valence-electron chi connectivity index (χ2n) is 4.11. The highest BCUT2D eigenvalue weighted by Gasteiger charge is 2.10. The smallest absolute Gasteiger partial charge is 0.272 e. The number of hydrogen-bond acceptors (Lipinski definition) is 5. The Morgan fingerprint density at radius 2 is 2.17 bits per heavy atom. The summed E-state index contributed by atoms with van der Waals surface area (Å²) in [6, 6.07) is 5.10. The lowest BCUT2D eigenvalue weighted by atomic mass is 10.1. The van der Waals surface area contributed by atoms with Crippen LogP contribution >= 0.6 is 0 Å². The number of ether oxygens (including phenoxy) is 1. The van der Waals surface area contributed by atoms with Crippen LogP contribution in [-0.2, 0) is 4.74 Å². The van der Waals surface area contributed by atoms with E-state index in [0.717, 1.165) is 18.7 Å². The van der Waals surface area contributed by atoms with Crippen molar-refractivity contribution in [2.45, 2.75) is 6.92 Å². The zero-order chi connectivity index (χ0) is 13.0. The first kappa shape index (κ1) is 12.5. The van der Waals surface area contributed by atoms with Crippen LogP contribution < -0.4 is 0 Å². The maximum Gasteiger partial charge on any atom is 0.272 e. The molecule has 1 saturated heterocycles. The van der Waals surface area contributed by atoms with Gasteiger partial charge in [-0.05, 0) is 6.92 Å². The molecule has 0 N–H and O–H groups in total. The van der Waals surface area contributed by atoms with Gasteiger partial charge in [0.05, 0.1) is 37.4 Å². The van der Waals surface area contributed by atoms with Gasteiger partial charge >= 0.3 is 0 Å². The lowest BCUT2D eigenvalue weighted by Crippen LogP contribution is -2.32. The first-order chi connectivity index (χ1) is 8.66. The fourth-order valence-electron chi connectivity index (χ4n) is 1.72. The Morgan fingerprint density at radius 1 is 1.44 bits per heavy atom. The Morgan fingerprint density at radius 3 is 2.83 bits per heavy atom. The summed E-state index contributed by atoms with van der Waals surface area (Å²) in [6.07, 6.45) is 1.65. The van der Waals surface area contributed by atoms with Gasteiger partial charge in [0.2, 0.25) is 0 Å². The third-order valence-electron chi connectivity index (χ3n) is 2.79. The van der Waals surface area contributed by atoms with Crippen molar-refractivity contribution in [3.8, 4) is 0 Å². The first-order valence-corrected chi connectivity index (χ1v) is 5.78. The second kappa shape index (κ2) is 5.59. The van der Waals surface area contributed by atoms with Crippen LogP contribution in [0.25, 0.3) is 0 Å². The van der Waals surface area contributed by atoms with E-state index in [4.69, 9.17) is 4.74 Å². The minimum atomic E-state index is -0.374. The number of hydrogen-bond donors (Lipinski definition) is 0. The van der Waals surface area contributed by atoms with Gasteiger partial charge in [0.15, 0.2) is 0 Å². The van der Waals surface area contributed by atoms with Crippen molar-refractivity contribution < 1.29 is 9.66 Å². The predicted octanol–water partition coefficient (Wildman–Crippen LogP) is 1.57. The van der Waals surface area contributed by atoms with Crippen LogP contribution in [0, 0.1) is 17.0 Å². The molecule has 6 heteroatoms. The molecule has 0 saturated carbocycles. The van der Waals surface area contributed by atoms with E-state index in [9.17, 15) is 10.1 Å². The van der Waals surface area contributed by atoms with E-state index < -0.39 is 0 Å². The molecule has 1 aliphatic heterocycles. The van der Waals surface area contributed by atoms with Crippen molar-refractivity contribution in [2.75, 3.05) is 26.3 Å². The normalized spacial score (nSPS) is 16.2. The molecule has 1 aliphatic rings. The topological polar surface area (TPSA) is 68.0 Å². The molecule has 0 unspecified atom stereocenters. The number of hydrazone groups is 1. The number of aryl methyl sites for hydroxylation is 1. The van der Waals surface area contributed by atoms with Crippen molar-refractivity contribution in [1.82, 2.24) is 5.01 Å². The van der Waals surface area contributed by atoms with Crippen LogP contribution in [0.1, 0.15) is 11.1 Å². The molecule has 6 nitrogen and oxygen atoms in total. The van der Waals surface area contributed by atoms with Gasteiger partial charge in [-0.3, -0.25) is 15.1 Å². The van der Waals surface area contributed by atoms with Gasteiger partial charge in [-0.1, -0.05) is 12.1 Å². The van der Waals surface area contributed by atoms with Gasteiger partial charge in [0.25, 0.3) is 5.69 Å². The van der Waals surface area contributed by atoms with Crippen LogP contribution in [-0.4, -0.2) is 42.5 Å². The number of nitrogens with zero attached hydrogens (tertiary/aromatic N) is 3. The largest absolute Gasteiger partial charge is 0.378 e. The molecule has 0 bridgehead atoms. The van der Waals surface area contributed by atoms with E-state index in [2.05, 4.69) is 5.10 Å². The molecule has 96 valence electrons. The molecular formula is C12H15N3O3. The van der Waals surface area contributed by atoms with Crippen LogP contribution in [0.2, 0.25) is 0 Å². The zero-order valence-electron chi connectivity index (χ0n) is 10.2. The summed E-state index contributed by atoms with van der Waals surface area (Å²) in [7, 11) is 0. The van der Waals surface area contributed by atoms with E-state index in [0.29, 0.717) is 18.8 Å². The Bertz CT molecular complexity index is 468. The van der Waals surface area contributed by atoms with Gasteiger partial charge in [-0.25, -0.2) is 0 Å². The zero-order valence-corrected chi connectivity index (χ0v) is 10.2. The van der Waals surface area contributed by atoms with Crippen LogP contribution in [0.3, 0.4) is 0 Å². The monoisotopic (exact) mass is 249 g/mol. The highest BCUT2D eigenvalue weighted by atomic mass is 16.6. The van der Waals surface area contributed by atoms with E-state index in [1.807, 2.05) is 11.1 Å². The van der Waals surface area contributed by atoms with Gasteiger partial charge in [0.1, 0.15) is 0 Å². The molecule has 18 heavy (non-hydrogen) atoms. The van der Waals surface area contributed by atoms with Gasteiger partial charge < -0.3 is 4.74 Å². The van der Waals surface area contributed by atoms with E-state index in [-0.39, 0.29) is 10.6 Å². The van der Waals surface area contributed by atoms with Gasteiger partial charge in [-0.2, -0.15) is 5.10 Å². The fourth-order valence-corrected chi connectivity index (χ4v) is 1.72. The van der Waals surface area contributed by atoms with Crippen molar-refractivity contribution in [2.24, 2.45) is 5.10 Å². The van der Waals surface area contributed by atoms with Crippen LogP contribution in [0.5, 0.6) is 0 Å². The number of morpholine rings is 1. The molecular weight excluding hydrogens is 234 g/mol. The van der Waals surface area contributed by atoms with Crippen molar-refractivity contribution >= 4 is 11.9 Å². The molecule has 2 rings (SSSR count). The maximum atomic E-state index is 10.8. The lowest BCUT2D eigenvalue weighted by Gasteiger charge is -2.23. The highest BCUT2D eigenvalue weighted by molar-refractivity contribution is 5.80. The molecule has 1 aromatic rings. The van der Waals surface area contributed by atoms with Crippen LogP contribution in [0.4, 0.5) is 5.69 Å². The summed E-state index contributed by atoms with van der Waals surface area (Å²) in [4.78, 5) is 10.4. The predicted molar refractivity (Wildman–Crippen MR) is 67.8 cm³/mol. The average molecular weight is 249 g/mol. The highest BCUT2D eigenvalue weighted by Crippen LogP contribution is 2.18. The van der Waals surface area contributed by atoms with Gasteiger partial charge in [0, 0.05) is 17.2 Å². The van der Waals surface area contributed by atoms with Crippen LogP contribution in [0.15, 0.2) is 23.3 Å². The second-order valence-corrected chi connectivity index (χ2v) is 4.11. The molecule has 1 aromatic carbocycles. The lowest BCUT2D eigenvalue weighted by molar-refractivity contribution is -0.385. The maximum absolute atomic E-state index is 10.8. The molecule has 1 heterocycles. The molecule has 0 atom stereocenters. The molecule has 1 fully saturated rings. The summed E-state index contributed by atoms with van der Waals surface area (Å²) in [5.41, 5.74) is 1.52. The van der Waals surface area contributed by atoms with E-state index in [1.165, 1.54) is 0 Å². The SMILES string of the molecule is Cc1ccc(/C=N\N2CCOCC2)cc1[N+](=O)[O-]. The molecule has 0 aromatic heterocycles. The molecule has 0 amide bonds. The van der Waals surface area contributed by atoms with E-state index in [1.54, 1.807) is 25.3 Å². The third kappa shape index (κ3) is 3.04. The Hall–Kier alpha value is -1.95. The average Bonchev–Trinajstić information content (AvgIpc) is 2.38. The van der Waals surface area contributed by atoms with Gasteiger partial charge in [-0.15, -0.1) is 0 Å². The standard InChI is InChI=1S/C12H15N3O3/c1-10-2-3-11(8-12(10)15(16)17)9-13-14-4-6-18-7-5-14/h2-3,8-9H,4-7H2,1H3/b13-9-. The minimum absolute atomic E-state index is 0.126. The summed E-state index contributed by atoms with van der Waals surface area (Å²) < 4.78 is 5.21. The molecule has 0 aliphatic carbocycles. The number of nitro benzene ring substituents is 1.